The van der Waals surface area contributed by atoms with Gasteiger partial charge in [-0.05, 0) is 42.2 Å². The number of para-hydroxylation sites is 1. The van der Waals surface area contributed by atoms with Gasteiger partial charge in [-0.1, -0.05) is 44.2 Å². The van der Waals surface area contributed by atoms with Crippen molar-refractivity contribution in [1.82, 2.24) is 0 Å². The van der Waals surface area contributed by atoms with Gasteiger partial charge in [0.1, 0.15) is 5.75 Å². The zero-order valence-electron chi connectivity index (χ0n) is 12.7. The molecule has 0 unspecified atom stereocenters. The molecule has 0 bridgehead atoms. The van der Waals surface area contributed by atoms with Crippen LogP contribution >= 0.6 is 0 Å². The van der Waals surface area contributed by atoms with E-state index >= 15 is 0 Å². The zero-order chi connectivity index (χ0) is 15.2. The summed E-state index contributed by atoms with van der Waals surface area (Å²) in [5, 5.41) is 2.86. The van der Waals surface area contributed by atoms with Crippen LogP contribution in [0.3, 0.4) is 0 Å². The summed E-state index contributed by atoms with van der Waals surface area (Å²) in [6.07, 6.45) is 0. The lowest BCUT2D eigenvalue weighted by Gasteiger charge is -2.11. The second-order valence-electron chi connectivity index (χ2n) is 5.38. The van der Waals surface area contributed by atoms with Gasteiger partial charge in [-0.25, -0.2) is 0 Å². The molecule has 0 radical (unpaired) electrons. The molecule has 1 amide bonds. The minimum Gasteiger partial charge on any atom is -0.483 e. The first-order valence-electron chi connectivity index (χ1n) is 7.14. The monoisotopic (exact) mass is 283 g/mol. The third-order valence-electron chi connectivity index (χ3n) is 3.29. The lowest BCUT2D eigenvalue weighted by molar-refractivity contribution is -0.118. The molecular weight excluding hydrogens is 262 g/mol. The van der Waals surface area contributed by atoms with E-state index in [0.29, 0.717) is 5.92 Å². The van der Waals surface area contributed by atoms with E-state index < -0.39 is 0 Å². The highest BCUT2D eigenvalue weighted by atomic mass is 16.5. The van der Waals surface area contributed by atoms with Crippen LogP contribution in [0.4, 0.5) is 5.69 Å². The fourth-order valence-electron chi connectivity index (χ4n) is 2.03. The van der Waals surface area contributed by atoms with E-state index in [-0.39, 0.29) is 12.5 Å². The van der Waals surface area contributed by atoms with Gasteiger partial charge in [-0.3, -0.25) is 4.79 Å². The molecule has 21 heavy (non-hydrogen) atoms. The molecule has 2 rings (SSSR count). The lowest BCUT2D eigenvalue weighted by atomic mass is 10.0. The van der Waals surface area contributed by atoms with Gasteiger partial charge in [0.05, 0.1) is 0 Å². The van der Waals surface area contributed by atoms with Crippen molar-refractivity contribution in [2.45, 2.75) is 26.7 Å². The van der Waals surface area contributed by atoms with Gasteiger partial charge in [0.25, 0.3) is 5.91 Å². The first-order valence-corrected chi connectivity index (χ1v) is 7.14. The third kappa shape index (κ3) is 4.35. The van der Waals surface area contributed by atoms with E-state index in [0.717, 1.165) is 17.0 Å². The molecule has 0 aliphatic heterocycles. The standard InChI is InChI=1S/C18H21NO2/c1-13(2)15-8-6-9-16(11-15)19-18(20)12-21-17-10-5-4-7-14(17)3/h4-11,13H,12H2,1-3H3,(H,19,20). The minimum atomic E-state index is -0.154. The minimum absolute atomic E-state index is 0.0107. The van der Waals surface area contributed by atoms with Crippen molar-refractivity contribution in [3.63, 3.8) is 0 Å². The molecule has 0 heterocycles. The number of aryl methyl sites for hydroxylation is 1. The van der Waals surface area contributed by atoms with Crippen molar-refractivity contribution in [2.75, 3.05) is 11.9 Å². The van der Waals surface area contributed by atoms with Gasteiger partial charge in [0, 0.05) is 5.69 Å². The van der Waals surface area contributed by atoms with Crippen LogP contribution in [0.2, 0.25) is 0 Å². The average Bonchev–Trinajstić information content (AvgIpc) is 2.46. The van der Waals surface area contributed by atoms with Crippen LogP contribution in [0.15, 0.2) is 48.5 Å². The van der Waals surface area contributed by atoms with Gasteiger partial charge in [0.2, 0.25) is 0 Å². The maximum Gasteiger partial charge on any atom is 0.262 e. The number of ether oxygens (including phenoxy) is 1. The van der Waals surface area contributed by atoms with Crippen LogP contribution in [-0.2, 0) is 4.79 Å². The number of carbonyl (C=O) groups is 1. The van der Waals surface area contributed by atoms with Crippen molar-refractivity contribution in [1.29, 1.82) is 0 Å². The number of hydrogen-bond acceptors (Lipinski definition) is 2. The molecule has 0 aromatic heterocycles. The van der Waals surface area contributed by atoms with E-state index in [1.807, 2.05) is 49.4 Å². The number of amides is 1. The highest BCUT2D eigenvalue weighted by Gasteiger charge is 2.06. The smallest absolute Gasteiger partial charge is 0.262 e. The predicted octanol–water partition coefficient (Wildman–Crippen LogP) is 4.14. The van der Waals surface area contributed by atoms with E-state index in [9.17, 15) is 4.79 Å². The Balaban J connectivity index is 1.93. The fourth-order valence-corrected chi connectivity index (χ4v) is 2.03. The van der Waals surface area contributed by atoms with Gasteiger partial charge in [-0.2, -0.15) is 0 Å². The molecule has 0 aliphatic rings. The Labute approximate surface area is 126 Å². The zero-order valence-corrected chi connectivity index (χ0v) is 12.7. The molecule has 110 valence electrons. The summed E-state index contributed by atoms with van der Waals surface area (Å²) in [5.41, 5.74) is 3.03. The topological polar surface area (TPSA) is 38.3 Å². The number of benzene rings is 2. The van der Waals surface area contributed by atoms with Gasteiger partial charge in [0.15, 0.2) is 6.61 Å². The summed E-state index contributed by atoms with van der Waals surface area (Å²) in [4.78, 5) is 11.9. The number of anilines is 1. The molecule has 0 atom stereocenters. The van der Waals surface area contributed by atoms with Crippen LogP contribution in [-0.4, -0.2) is 12.5 Å². The quantitative estimate of drug-likeness (QED) is 0.895. The van der Waals surface area contributed by atoms with Crippen molar-refractivity contribution in [3.8, 4) is 5.75 Å². The Morgan fingerprint density at radius 1 is 1.14 bits per heavy atom. The van der Waals surface area contributed by atoms with Crippen molar-refractivity contribution < 1.29 is 9.53 Å². The SMILES string of the molecule is Cc1ccccc1OCC(=O)Nc1cccc(C(C)C)c1. The summed E-state index contributed by atoms with van der Waals surface area (Å²) in [6.45, 7) is 6.22. The van der Waals surface area contributed by atoms with Crippen LogP contribution in [0, 0.1) is 6.92 Å². The first kappa shape index (κ1) is 15.1. The van der Waals surface area contributed by atoms with Gasteiger partial charge < -0.3 is 10.1 Å². The van der Waals surface area contributed by atoms with Crippen molar-refractivity contribution in [2.24, 2.45) is 0 Å². The van der Waals surface area contributed by atoms with Crippen LogP contribution < -0.4 is 10.1 Å². The molecule has 0 spiro atoms. The number of carbonyl (C=O) groups excluding carboxylic acids is 1. The summed E-state index contributed by atoms with van der Waals surface area (Å²) >= 11 is 0. The Bertz CT molecular complexity index is 620. The van der Waals surface area contributed by atoms with Gasteiger partial charge >= 0.3 is 0 Å². The van der Waals surface area contributed by atoms with Crippen molar-refractivity contribution >= 4 is 11.6 Å². The average molecular weight is 283 g/mol. The maximum atomic E-state index is 11.9. The molecule has 0 aliphatic carbocycles. The Morgan fingerprint density at radius 2 is 1.90 bits per heavy atom. The molecule has 0 saturated heterocycles. The Morgan fingerprint density at radius 3 is 2.62 bits per heavy atom. The van der Waals surface area contributed by atoms with Gasteiger partial charge in [-0.15, -0.1) is 0 Å². The number of rotatable bonds is 5. The highest BCUT2D eigenvalue weighted by Crippen LogP contribution is 2.19. The Kier molecular flexibility index (Phi) is 4.99. The van der Waals surface area contributed by atoms with E-state index in [2.05, 4.69) is 25.2 Å². The lowest BCUT2D eigenvalue weighted by Crippen LogP contribution is -2.20. The molecule has 2 aromatic carbocycles. The van der Waals surface area contributed by atoms with E-state index in [1.165, 1.54) is 5.56 Å². The summed E-state index contributed by atoms with van der Waals surface area (Å²) < 4.78 is 5.54. The first-order chi connectivity index (χ1) is 10.1. The summed E-state index contributed by atoms with van der Waals surface area (Å²) in [5.74, 6) is 1.02. The predicted molar refractivity (Wildman–Crippen MR) is 85.8 cm³/mol. The van der Waals surface area contributed by atoms with Crippen LogP contribution in [0.25, 0.3) is 0 Å². The fraction of sp³-hybridized carbons (Fsp3) is 0.278. The largest absolute Gasteiger partial charge is 0.483 e. The third-order valence-corrected chi connectivity index (χ3v) is 3.29. The molecule has 3 nitrogen and oxygen atoms in total. The summed E-state index contributed by atoms with van der Waals surface area (Å²) in [7, 11) is 0. The summed E-state index contributed by atoms with van der Waals surface area (Å²) in [6, 6.07) is 15.6. The Hall–Kier alpha value is -2.29. The van der Waals surface area contributed by atoms with E-state index in [4.69, 9.17) is 4.74 Å². The van der Waals surface area contributed by atoms with E-state index in [1.54, 1.807) is 0 Å². The molecule has 1 N–H and O–H groups in total. The highest BCUT2D eigenvalue weighted by molar-refractivity contribution is 5.91. The number of hydrogen-bond donors (Lipinski definition) is 1. The molecule has 2 aromatic rings. The molecule has 3 heteroatoms. The number of nitrogens with one attached hydrogen (secondary N) is 1. The second-order valence-corrected chi connectivity index (χ2v) is 5.38. The molecular formula is C18H21NO2. The van der Waals surface area contributed by atoms with Crippen molar-refractivity contribution in [3.05, 3.63) is 59.7 Å². The molecule has 0 saturated carbocycles. The normalized spacial score (nSPS) is 10.5. The molecule has 0 fully saturated rings. The van der Waals surface area contributed by atoms with Crippen LogP contribution in [0.1, 0.15) is 30.9 Å². The second kappa shape index (κ2) is 6.93. The maximum absolute atomic E-state index is 11.9. The van der Waals surface area contributed by atoms with Crippen LogP contribution in [0.5, 0.6) is 5.75 Å².